The number of nitrogens with one attached hydrogen (secondary N) is 1. The summed E-state index contributed by atoms with van der Waals surface area (Å²) in [5.74, 6) is 1.57. The van der Waals surface area contributed by atoms with E-state index in [4.69, 9.17) is 14.2 Å². The van der Waals surface area contributed by atoms with Gasteiger partial charge in [0.15, 0.2) is 17.6 Å². The van der Waals surface area contributed by atoms with Crippen LogP contribution in [0.1, 0.15) is 45.6 Å². The zero-order valence-corrected chi connectivity index (χ0v) is 16.8. The maximum atomic E-state index is 12.4. The van der Waals surface area contributed by atoms with E-state index < -0.39 is 12.1 Å². The molecule has 3 rings (SSSR count). The fourth-order valence-corrected chi connectivity index (χ4v) is 3.68. The Hall–Kier alpha value is -2.50. The highest BCUT2D eigenvalue weighted by atomic mass is 16.6. The van der Waals surface area contributed by atoms with E-state index in [1.165, 1.54) is 12.5 Å². The molecule has 6 heteroatoms. The first-order valence-corrected chi connectivity index (χ1v) is 10.0. The number of amides is 1. The van der Waals surface area contributed by atoms with E-state index in [1.54, 1.807) is 19.1 Å². The molecule has 2 aliphatic rings. The van der Waals surface area contributed by atoms with Crippen LogP contribution in [-0.4, -0.2) is 37.2 Å². The Bertz CT molecular complexity index is 744. The number of benzene rings is 1. The first-order valence-electron chi connectivity index (χ1n) is 10.0. The average Bonchev–Trinajstić information content (AvgIpc) is 2.69. The Morgan fingerprint density at radius 3 is 2.71 bits per heavy atom. The van der Waals surface area contributed by atoms with Crippen LogP contribution in [0.25, 0.3) is 6.08 Å². The summed E-state index contributed by atoms with van der Waals surface area (Å²) in [7, 11) is 0. The molecular formula is C22H29NO5. The lowest BCUT2D eigenvalue weighted by Gasteiger charge is -2.35. The zero-order chi connectivity index (χ0) is 20.1. The molecule has 1 amide bonds. The summed E-state index contributed by atoms with van der Waals surface area (Å²) in [5.41, 5.74) is 0.795. The second-order valence-corrected chi connectivity index (χ2v) is 7.70. The van der Waals surface area contributed by atoms with Crippen molar-refractivity contribution in [3.05, 3.63) is 29.8 Å². The molecule has 152 valence electrons. The van der Waals surface area contributed by atoms with Crippen LogP contribution in [0.15, 0.2) is 24.3 Å². The largest absolute Gasteiger partial charge is 0.486 e. The third-order valence-electron chi connectivity index (χ3n) is 5.67. The lowest BCUT2D eigenvalue weighted by Crippen LogP contribution is -2.47. The first-order chi connectivity index (χ1) is 13.4. The van der Waals surface area contributed by atoms with Crippen LogP contribution in [-0.2, 0) is 14.3 Å². The Morgan fingerprint density at radius 2 is 1.93 bits per heavy atom. The average molecular weight is 387 g/mol. The number of rotatable bonds is 5. The minimum absolute atomic E-state index is 0.144. The van der Waals surface area contributed by atoms with Crippen molar-refractivity contribution in [1.29, 1.82) is 0 Å². The number of hydrogen-bond acceptors (Lipinski definition) is 5. The van der Waals surface area contributed by atoms with Crippen LogP contribution in [0.2, 0.25) is 0 Å². The third kappa shape index (κ3) is 5.06. The molecule has 1 saturated carbocycles. The van der Waals surface area contributed by atoms with Gasteiger partial charge < -0.3 is 19.5 Å². The molecular weight excluding hydrogens is 358 g/mol. The van der Waals surface area contributed by atoms with Crippen LogP contribution in [0.3, 0.4) is 0 Å². The Kier molecular flexibility index (Phi) is 6.60. The Balaban J connectivity index is 1.51. The van der Waals surface area contributed by atoms with Gasteiger partial charge in [-0.2, -0.15) is 0 Å². The highest BCUT2D eigenvalue weighted by Crippen LogP contribution is 2.31. The minimum atomic E-state index is -0.832. The van der Waals surface area contributed by atoms with E-state index in [0.29, 0.717) is 36.5 Å². The van der Waals surface area contributed by atoms with Gasteiger partial charge in [0.1, 0.15) is 13.2 Å². The molecule has 0 saturated heterocycles. The van der Waals surface area contributed by atoms with Crippen molar-refractivity contribution in [2.45, 2.75) is 52.2 Å². The lowest BCUT2D eigenvalue weighted by molar-refractivity contribution is -0.150. The summed E-state index contributed by atoms with van der Waals surface area (Å²) in [6.07, 6.45) is 5.41. The summed E-state index contributed by atoms with van der Waals surface area (Å²) < 4.78 is 16.3. The van der Waals surface area contributed by atoms with Gasteiger partial charge >= 0.3 is 5.97 Å². The highest BCUT2D eigenvalue weighted by molar-refractivity contribution is 5.90. The molecule has 1 heterocycles. The van der Waals surface area contributed by atoms with Crippen molar-refractivity contribution >= 4 is 18.0 Å². The van der Waals surface area contributed by atoms with Crippen LogP contribution in [0.5, 0.6) is 11.5 Å². The number of ether oxygens (including phenoxy) is 3. The fraction of sp³-hybridized carbons (Fsp3) is 0.545. The number of fused-ring (bicyclic) bond motifs is 1. The maximum Gasteiger partial charge on any atom is 0.331 e. The zero-order valence-electron chi connectivity index (χ0n) is 16.8. The fourth-order valence-electron chi connectivity index (χ4n) is 3.68. The minimum Gasteiger partial charge on any atom is -0.486 e. The van der Waals surface area contributed by atoms with Gasteiger partial charge in [-0.15, -0.1) is 0 Å². The molecule has 1 aromatic rings. The van der Waals surface area contributed by atoms with Crippen molar-refractivity contribution < 1.29 is 23.8 Å². The van der Waals surface area contributed by atoms with E-state index >= 15 is 0 Å². The smallest absolute Gasteiger partial charge is 0.331 e. The molecule has 1 aromatic carbocycles. The van der Waals surface area contributed by atoms with Crippen LogP contribution >= 0.6 is 0 Å². The van der Waals surface area contributed by atoms with Crippen molar-refractivity contribution in [3.63, 3.8) is 0 Å². The van der Waals surface area contributed by atoms with E-state index in [9.17, 15) is 9.59 Å². The molecule has 1 aliphatic carbocycles. The standard InChI is InChI=1S/C22H29NO5/c1-14-5-4-6-18(15(14)2)23-22(25)16(3)28-21(24)10-8-17-7-9-19-20(13-17)27-12-11-26-19/h7-10,13-16,18H,4-6,11-12H2,1-3H3,(H,23,25)/b10-8+/t14-,15+,16+,18-/m0/s1. The van der Waals surface area contributed by atoms with Gasteiger partial charge in [-0.05, 0) is 49.0 Å². The molecule has 0 aromatic heterocycles. The molecule has 6 nitrogen and oxygen atoms in total. The lowest BCUT2D eigenvalue weighted by atomic mass is 9.78. The molecule has 0 spiro atoms. The Labute approximate surface area is 166 Å². The molecule has 1 fully saturated rings. The summed E-state index contributed by atoms with van der Waals surface area (Å²) in [6, 6.07) is 5.59. The van der Waals surface area contributed by atoms with Crippen molar-refractivity contribution in [2.24, 2.45) is 11.8 Å². The van der Waals surface area contributed by atoms with Gasteiger partial charge in [0, 0.05) is 12.1 Å². The normalized spacial score (nSPS) is 25.2. The summed E-state index contributed by atoms with van der Waals surface area (Å²) in [6.45, 7) is 7.03. The second kappa shape index (κ2) is 9.13. The van der Waals surface area contributed by atoms with Gasteiger partial charge in [-0.25, -0.2) is 4.79 Å². The van der Waals surface area contributed by atoms with E-state index in [-0.39, 0.29) is 11.9 Å². The Morgan fingerprint density at radius 1 is 1.18 bits per heavy atom. The van der Waals surface area contributed by atoms with Crippen LogP contribution in [0.4, 0.5) is 0 Å². The van der Waals surface area contributed by atoms with Gasteiger partial charge in [0.25, 0.3) is 5.91 Å². The molecule has 1 aliphatic heterocycles. The van der Waals surface area contributed by atoms with Gasteiger partial charge in [-0.1, -0.05) is 32.8 Å². The summed E-state index contributed by atoms with van der Waals surface area (Å²) >= 11 is 0. The number of hydrogen-bond donors (Lipinski definition) is 1. The first kappa shape index (κ1) is 20.2. The predicted molar refractivity (Wildman–Crippen MR) is 106 cm³/mol. The third-order valence-corrected chi connectivity index (χ3v) is 5.67. The highest BCUT2D eigenvalue weighted by Gasteiger charge is 2.29. The molecule has 4 atom stereocenters. The van der Waals surface area contributed by atoms with Crippen LogP contribution in [0, 0.1) is 11.8 Å². The number of carbonyl (C=O) groups excluding carboxylic acids is 2. The predicted octanol–water partition coefficient (Wildman–Crippen LogP) is 3.34. The van der Waals surface area contributed by atoms with E-state index in [0.717, 1.165) is 18.4 Å². The molecule has 28 heavy (non-hydrogen) atoms. The van der Waals surface area contributed by atoms with E-state index in [2.05, 4.69) is 19.2 Å². The molecule has 0 radical (unpaired) electrons. The monoisotopic (exact) mass is 387 g/mol. The van der Waals surface area contributed by atoms with Gasteiger partial charge in [0.2, 0.25) is 0 Å². The maximum absolute atomic E-state index is 12.4. The molecule has 0 unspecified atom stereocenters. The van der Waals surface area contributed by atoms with E-state index in [1.807, 2.05) is 12.1 Å². The quantitative estimate of drug-likeness (QED) is 0.620. The summed E-state index contributed by atoms with van der Waals surface area (Å²) in [5, 5.41) is 3.04. The SMILES string of the molecule is C[C@H]1[C@@H](NC(=O)[C@@H](C)OC(=O)/C=C/c2ccc3c(c2)OCCO3)CCC[C@@H]1C. The number of esters is 1. The van der Waals surface area contributed by atoms with Gasteiger partial charge in [0.05, 0.1) is 0 Å². The summed E-state index contributed by atoms with van der Waals surface area (Å²) in [4.78, 5) is 24.5. The number of carbonyl (C=O) groups is 2. The van der Waals surface area contributed by atoms with Crippen molar-refractivity contribution in [3.8, 4) is 11.5 Å². The van der Waals surface area contributed by atoms with Crippen LogP contribution < -0.4 is 14.8 Å². The second-order valence-electron chi connectivity index (χ2n) is 7.70. The molecule has 1 N–H and O–H groups in total. The van der Waals surface area contributed by atoms with Gasteiger partial charge in [-0.3, -0.25) is 4.79 Å². The topological polar surface area (TPSA) is 73.9 Å². The van der Waals surface area contributed by atoms with Crippen molar-refractivity contribution in [2.75, 3.05) is 13.2 Å². The van der Waals surface area contributed by atoms with Crippen molar-refractivity contribution in [1.82, 2.24) is 5.32 Å². The molecule has 0 bridgehead atoms.